The summed E-state index contributed by atoms with van der Waals surface area (Å²) >= 11 is 0. The molecule has 0 heterocycles. The lowest BCUT2D eigenvalue weighted by atomic mass is 9.75. The predicted octanol–water partition coefficient (Wildman–Crippen LogP) is 3.02. The van der Waals surface area contributed by atoms with Crippen LogP contribution in [0.2, 0.25) is 0 Å². The van der Waals surface area contributed by atoms with E-state index < -0.39 is 5.60 Å². The number of ether oxygens (including phenoxy) is 1. The first-order valence-corrected chi connectivity index (χ1v) is 7.29. The molecule has 4 heteroatoms. The first-order chi connectivity index (χ1) is 8.65. The Hall–Kier alpha value is -0.770. The normalized spacial score (nSPS) is 28.3. The molecule has 0 spiro atoms. The quantitative estimate of drug-likeness (QED) is 0.857. The molecule has 1 amide bonds. The molecule has 2 unspecified atom stereocenters. The summed E-state index contributed by atoms with van der Waals surface area (Å²) in [5.41, 5.74) is -0.357. The van der Waals surface area contributed by atoms with Crippen molar-refractivity contribution in [3.05, 3.63) is 0 Å². The highest BCUT2D eigenvalue weighted by Crippen LogP contribution is 2.35. The first kappa shape index (κ1) is 16.3. The monoisotopic (exact) mass is 270 g/mol. The van der Waals surface area contributed by atoms with Crippen molar-refractivity contribution in [1.29, 1.82) is 0 Å². The molecule has 1 rings (SSSR count). The molecule has 4 nitrogen and oxygen atoms in total. The zero-order valence-electron chi connectivity index (χ0n) is 13.4. The summed E-state index contributed by atoms with van der Waals surface area (Å²) in [6.07, 6.45) is 4.49. The molecule has 0 aromatic carbocycles. The highest BCUT2D eigenvalue weighted by molar-refractivity contribution is 5.67. The topological polar surface area (TPSA) is 41.6 Å². The van der Waals surface area contributed by atoms with Gasteiger partial charge in [-0.05, 0) is 53.6 Å². The van der Waals surface area contributed by atoms with Crippen molar-refractivity contribution in [3.8, 4) is 0 Å². The second-order valence-corrected chi connectivity index (χ2v) is 7.18. The van der Waals surface area contributed by atoms with Crippen LogP contribution in [-0.4, -0.2) is 42.8 Å². The van der Waals surface area contributed by atoms with Crippen molar-refractivity contribution in [2.75, 3.05) is 20.6 Å². The van der Waals surface area contributed by atoms with E-state index in [0.717, 1.165) is 18.8 Å². The molecule has 0 aromatic rings. The summed E-state index contributed by atoms with van der Waals surface area (Å²) < 4.78 is 5.31. The lowest BCUT2D eigenvalue weighted by Gasteiger charge is -2.45. The van der Waals surface area contributed by atoms with Crippen LogP contribution in [0.15, 0.2) is 0 Å². The Labute approximate surface area is 117 Å². The Bertz CT molecular complexity index is 310. The number of hydrogen-bond donors (Lipinski definition) is 1. The lowest BCUT2D eigenvalue weighted by molar-refractivity contribution is 0.0396. The van der Waals surface area contributed by atoms with Gasteiger partial charge in [0.2, 0.25) is 0 Å². The third kappa shape index (κ3) is 5.01. The van der Waals surface area contributed by atoms with Crippen molar-refractivity contribution in [2.45, 2.75) is 64.5 Å². The van der Waals surface area contributed by atoms with E-state index in [9.17, 15) is 4.79 Å². The van der Waals surface area contributed by atoms with Gasteiger partial charge in [0.1, 0.15) is 5.60 Å². The molecule has 1 aliphatic carbocycles. The Morgan fingerprint density at radius 1 is 1.42 bits per heavy atom. The maximum absolute atomic E-state index is 11.8. The van der Waals surface area contributed by atoms with Gasteiger partial charge in [-0.2, -0.15) is 0 Å². The van der Waals surface area contributed by atoms with Crippen LogP contribution in [0.3, 0.4) is 0 Å². The Morgan fingerprint density at radius 3 is 2.53 bits per heavy atom. The van der Waals surface area contributed by atoms with Gasteiger partial charge < -0.3 is 15.0 Å². The van der Waals surface area contributed by atoms with Gasteiger partial charge in [0, 0.05) is 12.1 Å². The molecule has 0 aromatic heterocycles. The van der Waals surface area contributed by atoms with Crippen molar-refractivity contribution < 1.29 is 9.53 Å². The van der Waals surface area contributed by atoms with Crippen LogP contribution in [0.1, 0.15) is 53.4 Å². The summed E-state index contributed by atoms with van der Waals surface area (Å²) in [6, 6.07) is 0. The molecule has 0 bridgehead atoms. The van der Waals surface area contributed by atoms with E-state index in [2.05, 4.69) is 31.2 Å². The fraction of sp³-hybridized carbons (Fsp3) is 0.933. The number of nitrogens with zero attached hydrogens (tertiary/aromatic N) is 1. The fourth-order valence-corrected chi connectivity index (χ4v) is 2.91. The highest BCUT2D eigenvalue weighted by atomic mass is 16.6. The van der Waals surface area contributed by atoms with E-state index in [1.54, 1.807) is 0 Å². The van der Waals surface area contributed by atoms with Gasteiger partial charge in [-0.25, -0.2) is 4.79 Å². The molecular formula is C15H30N2O2. The van der Waals surface area contributed by atoms with Crippen LogP contribution in [0.4, 0.5) is 4.79 Å². The SMILES string of the molecule is CC1CCCC(CNC(=O)OC(C)(C)C)(N(C)C)C1. The molecule has 0 aliphatic heterocycles. The maximum Gasteiger partial charge on any atom is 0.407 e. The minimum absolute atomic E-state index is 0.0779. The number of hydrogen-bond acceptors (Lipinski definition) is 3. The summed E-state index contributed by atoms with van der Waals surface area (Å²) in [4.78, 5) is 14.1. The van der Waals surface area contributed by atoms with Gasteiger partial charge in [0.05, 0.1) is 0 Å². The average Bonchev–Trinajstić information content (AvgIpc) is 2.24. The molecule has 0 radical (unpaired) electrons. The summed E-state index contributed by atoms with van der Waals surface area (Å²) in [5, 5.41) is 2.95. The van der Waals surface area contributed by atoms with Crippen molar-refractivity contribution in [3.63, 3.8) is 0 Å². The fourth-order valence-electron chi connectivity index (χ4n) is 2.91. The second-order valence-electron chi connectivity index (χ2n) is 7.18. The minimum Gasteiger partial charge on any atom is -0.444 e. The van der Waals surface area contributed by atoms with E-state index in [1.165, 1.54) is 12.8 Å². The van der Waals surface area contributed by atoms with Crippen molar-refractivity contribution in [2.24, 2.45) is 5.92 Å². The smallest absolute Gasteiger partial charge is 0.407 e. The molecule has 1 saturated carbocycles. The Morgan fingerprint density at radius 2 is 2.05 bits per heavy atom. The standard InChI is InChI=1S/C15H30N2O2/c1-12-8-7-9-15(10-12,17(5)6)11-16-13(18)19-14(2,3)4/h12H,7-11H2,1-6H3,(H,16,18). The number of alkyl carbamates (subject to hydrolysis) is 1. The van der Waals surface area contributed by atoms with Crippen LogP contribution in [-0.2, 0) is 4.74 Å². The number of nitrogens with one attached hydrogen (secondary N) is 1. The summed E-state index contributed by atoms with van der Waals surface area (Å²) in [7, 11) is 4.21. The van der Waals surface area contributed by atoms with Crippen LogP contribution in [0.25, 0.3) is 0 Å². The summed E-state index contributed by atoms with van der Waals surface area (Å²) in [5.74, 6) is 0.719. The number of likely N-dealkylation sites (N-methyl/N-ethyl adjacent to an activating group) is 1. The van der Waals surface area contributed by atoms with Crippen LogP contribution < -0.4 is 5.32 Å². The zero-order chi connectivity index (χ0) is 14.7. The van der Waals surface area contributed by atoms with Crippen LogP contribution >= 0.6 is 0 Å². The molecule has 1 fully saturated rings. The Balaban J connectivity index is 2.58. The van der Waals surface area contributed by atoms with E-state index >= 15 is 0 Å². The zero-order valence-corrected chi connectivity index (χ0v) is 13.4. The minimum atomic E-state index is -0.435. The van der Waals surface area contributed by atoms with Crippen molar-refractivity contribution in [1.82, 2.24) is 10.2 Å². The first-order valence-electron chi connectivity index (χ1n) is 7.29. The number of carbonyl (C=O) groups excluding carboxylic acids is 1. The van der Waals surface area contributed by atoms with Gasteiger partial charge in [0.15, 0.2) is 0 Å². The van der Waals surface area contributed by atoms with Gasteiger partial charge in [-0.3, -0.25) is 0 Å². The number of carbonyl (C=O) groups is 1. The van der Waals surface area contributed by atoms with E-state index in [-0.39, 0.29) is 11.6 Å². The van der Waals surface area contributed by atoms with E-state index in [4.69, 9.17) is 4.74 Å². The van der Waals surface area contributed by atoms with Crippen LogP contribution in [0, 0.1) is 5.92 Å². The van der Waals surface area contributed by atoms with Crippen LogP contribution in [0.5, 0.6) is 0 Å². The third-order valence-electron chi connectivity index (χ3n) is 3.98. The number of rotatable bonds is 3. The molecule has 1 N–H and O–H groups in total. The molecule has 112 valence electrons. The van der Waals surface area contributed by atoms with Gasteiger partial charge in [0.25, 0.3) is 0 Å². The van der Waals surface area contributed by atoms with Gasteiger partial charge in [-0.15, -0.1) is 0 Å². The largest absolute Gasteiger partial charge is 0.444 e. The predicted molar refractivity (Wildman–Crippen MR) is 78.3 cm³/mol. The molecule has 1 aliphatic rings. The van der Waals surface area contributed by atoms with E-state index in [0.29, 0.717) is 6.54 Å². The number of amides is 1. The molecule has 19 heavy (non-hydrogen) atoms. The second kappa shape index (κ2) is 6.12. The maximum atomic E-state index is 11.8. The molecule has 0 saturated heterocycles. The van der Waals surface area contributed by atoms with E-state index in [1.807, 2.05) is 20.8 Å². The third-order valence-corrected chi connectivity index (χ3v) is 3.98. The molecular weight excluding hydrogens is 240 g/mol. The van der Waals surface area contributed by atoms with Gasteiger partial charge >= 0.3 is 6.09 Å². The highest BCUT2D eigenvalue weighted by Gasteiger charge is 2.37. The molecule has 2 atom stereocenters. The van der Waals surface area contributed by atoms with Gasteiger partial charge in [-0.1, -0.05) is 19.8 Å². The Kier molecular flexibility index (Phi) is 5.25. The average molecular weight is 270 g/mol. The lowest BCUT2D eigenvalue weighted by Crippen LogP contribution is -2.55. The van der Waals surface area contributed by atoms with Crippen molar-refractivity contribution >= 4 is 6.09 Å². The summed E-state index contributed by atoms with van der Waals surface area (Å²) in [6.45, 7) is 8.62.